The fourth-order valence-corrected chi connectivity index (χ4v) is 2.44. The molecule has 0 bridgehead atoms. The van der Waals surface area contributed by atoms with E-state index >= 15 is 0 Å². The number of thiophene rings is 1. The summed E-state index contributed by atoms with van der Waals surface area (Å²) in [5.74, 6) is 0.569. The lowest BCUT2D eigenvalue weighted by Crippen LogP contribution is -1.98. The normalized spacial score (nSPS) is 12.4. The van der Waals surface area contributed by atoms with Gasteiger partial charge in [-0.25, -0.2) is 9.97 Å². The molecule has 3 nitrogen and oxygen atoms in total. The Morgan fingerprint density at radius 3 is 3.06 bits per heavy atom. The van der Waals surface area contributed by atoms with Gasteiger partial charge in [-0.3, -0.25) is 0 Å². The van der Waals surface area contributed by atoms with Crippen LogP contribution >= 0.6 is 22.9 Å². The molecule has 2 heterocycles. The summed E-state index contributed by atoms with van der Waals surface area (Å²) >= 11 is 7.94. The number of rotatable bonds is 4. The highest BCUT2D eigenvalue weighted by Crippen LogP contribution is 2.28. The van der Waals surface area contributed by atoms with E-state index in [-0.39, 0.29) is 5.38 Å². The van der Waals surface area contributed by atoms with E-state index in [2.05, 4.69) is 9.97 Å². The van der Waals surface area contributed by atoms with Crippen molar-refractivity contribution in [2.24, 2.45) is 0 Å². The maximum Gasteiger partial charge on any atom is 0.216 e. The van der Waals surface area contributed by atoms with E-state index in [0.717, 1.165) is 10.6 Å². The van der Waals surface area contributed by atoms with Crippen LogP contribution in [0.2, 0.25) is 0 Å². The second-order valence-corrected chi connectivity index (χ2v) is 4.74. The highest BCUT2D eigenvalue weighted by atomic mass is 35.5. The molecule has 1 unspecified atom stereocenters. The first kappa shape index (κ1) is 11.4. The summed E-state index contributed by atoms with van der Waals surface area (Å²) in [7, 11) is 1.59. The monoisotopic (exact) mass is 254 g/mol. The summed E-state index contributed by atoms with van der Waals surface area (Å²) in [4.78, 5) is 9.27. The molecule has 0 aromatic carbocycles. The predicted octanol–water partition coefficient (Wildman–Crippen LogP) is 3.07. The third-order valence-corrected chi connectivity index (χ3v) is 3.65. The summed E-state index contributed by atoms with van der Waals surface area (Å²) < 4.78 is 5.04. The molecule has 0 spiro atoms. The van der Waals surface area contributed by atoms with Crippen molar-refractivity contribution in [2.75, 3.05) is 7.11 Å². The van der Waals surface area contributed by atoms with Gasteiger partial charge in [0.25, 0.3) is 0 Å². The average Bonchev–Trinajstić information content (AvgIpc) is 2.83. The average molecular weight is 255 g/mol. The Kier molecular flexibility index (Phi) is 3.74. The van der Waals surface area contributed by atoms with Crippen LogP contribution in [0.15, 0.2) is 29.9 Å². The summed E-state index contributed by atoms with van der Waals surface area (Å²) in [6, 6.07) is 5.83. The summed E-state index contributed by atoms with van der Waals surface area (Å²) in [6.07, 6.45) is 2.17. The highest BCUT2D eigenvalue weighted by Gasteiger charge is 2.11. The van der Waals surface area contributed by atoms with Gasteiger partial charge in [-0.15, -0.1) is 22.9 Å². The second kappa shape index (κ2) is 5.27. The Bertz CT molecular complexity index is 447. The number of methoxy groups -OCH3 is 1. The predicted molar refractivity (Wildman–Crippen MR) is 65.2 cm³/mol. The molecule has 0 amide bonds. The Balaban J connectivity index is 2.08. The molecule has 0 aliphatic heterocycles. The zero-order chi connectivity index (χ0) is 11.4. The van der Waals surface area contributed by atoms with E-state index in [1.54, 1.807) is 18.4 Å². The minimum atomic E-state index is -0.0420. The molecule has 16 heavy (non-hydrogen) atoms. The highest BCUT2D eigenvalue weighted by molar-refractivity contribution is 7.10. The lowest BCUT2D eigenvalue weighted by atomic mass is 10.2. The largest absolute Gasteiger partial charge is 0.481 e. The Labute approximate surface area is 103 Å². The lowest BCUT2D eigenvalue weighted by molar-refractivity contribution is 0.396. The van der Waals surface area contributed by atoms with E-state index < -0.39 is 0 Å². The summed E-state index contributed by atoms with van der Waals surface area (Å²) in [5, 5.41) is 1.98. The number of nitrogens with zero attached hydrogens (tertiary/aromatic N) is 2. The van der Waals surface area contributed by atoms with Crippen LogP contribution in [0.25, 0.3) is 0 Å². The third kappa shape index (κ3) is 2.71. The van der Waals surface area contributed by atoms with Gasteiger partial charge in [0, 0.05) is 23.1 Å². The minimum absolute atomic E-state index is 0.0420. The van der Waals surface area contributed by atoms with E-state index in [1.807, 2.05) is 23.6 Å². The first-order valence-electron chi connectivity index (χ1n) is 4.82. The first-order valence-corrected chi connectivity index (χ1v) is 6.13. The molecule has 0 N–H and O–H groups in total. The molecule has 0 fully saturated rings. The molecule has 0 radical (unpaired) electrons. The van der Waals surface area contributed by atoms with Crippen LogP contribution in [0.4, 0.5) is 0 Å². The lowest BCUT2D eigenvalue weighted by Gasteiger charge is -2.07. The fourth-order valence-electron chi connectivity index (χ4n) is 1.35. The van der Waals surface area contributed by atoms with Crippen molar-refractivity contribution in [3.8, 4) is 5.88 Å². The van der Waals surface area contributed by atoms with Gasteiger partial charge in [-0.2, -0.15) is 0 Å². The molecular weight excluding hydrogens is 244 g/mol. The van der Waals surface area contributed by atoms with Gasteiger partial charge in [0.1, 0.15) is 6.33 Å². The van der Waals surface area contributed by atoms with Crippen LogP contribution in [0.3, 0.4) is 0 Å². The maximum absolute atomic E-state index is 6.29. The van der Waals surface area contributed by atoms with Crippen LogP contribution in [0, 0.1) is 0 Å². The number of alkyl halides is 1. The molecule has 0 saturated carbocycles. The van der Waals surface area contributed by atoms with Crippen molar-refractivity contribution in [3.05, 3.63) is 40.5 Å². The Hall–Kier alpha value is -1.13. The van der Waals surface area contributed by atoms with Crippen LogP contribution < -0.4 is 4.74 Å². The topological polar surface area (TPSA) is 35.0 Å². The SMILES string of the molecule is COc1cc(CC(Cl)c2cccs2)ncn1. The van der Waals surface area contributed by atoms with Gasteiger partial charge in [-0.1, -0.05) is 6.07 Å². The number of hydrogen-bond donors (Lipinski definition) is 0. The van der Waals surface area contributed by atoms with Crippen molar-refractivity contribution in [1.29, 1.82) is 0 Å². The zero-order valence-corrected chi connectivity index (χ0v) is 10.3. The van der Waals surface area contributed by atoms with Crippen LogP contribution in [0.1, 0.15) is 15.9 Å². The second-order valence-electron chi connectivity index (χ2n) is 3.24. The molecule has 0 aliphatic rings. The van der Waals surface area contributed by atoms with Gasteiger partial charge < -0.3 is 4.74 Å². The van der Waals surface area contributed by atoms with Gasteiger partial charge in [0.2, 0.25) is 5.88 Å². The zero-order valence-electron chi connectivity index (χ0n) is 8.76. The summed E-state index contributed by atoms with van der Waals surface area (Å²) in [6.45, 7) is 0. The van der Waals surface area contributed by atoms with E-state index in [9.17, 15) is 0 Å². The number of ether oxygens (including phenoxy) is 1. The number of aromatic nitrogens is 2. The standard InChI is InChI=1S/C11H11ClN2OS/c1-15-11-6-8(13-7-14-11)5-9(12)10-3-2-4-16-10/h2-4,6-7,9H,5H2,1H3. The summed E-state index contributed by atoms with van der Waals surface area (Å²) in [5.41, 5.74) is 0.889. The van der Waals surface area contributed by atoms with Crippen LogP contribution in [0.5, 0.6) is 5.88 Å². The molecule has 1 atom stereocenters. The molecule has 2 rings (SSSR count). The van der Waals surface area contributed by atoms with Gasteiger partial charge in [0.15, 0.2) is 0 Å². The van der Waals surface area contributed by atoms with Gasteiger partial charge in [-0.05, 0) is 11.4 Å². The molecule has 84 valence electrons. The Morgan fingerprint density at radius 2 is 2.38 bits per heavy atom. The molecule has 2 aromatic rings. The quantitative estimate of drug-likeness (QED) is 0.787. The molecule has 0 aliphatic carbocycles. The van der Waals surface area contributed by atoms with E-state index in [4.69, 9.17) is 16.3 Å². The van der Waals surface area contributed by atoms with Crippen molar-refractivity contribution >= 4 is 22.9 Å². The molecular formula is C11H11ClN2OS. The Morgan fingerprint density at radius 1 is 1.50 bits per heavy atom. The van der Waals surface area contributed by atoms with E-state index in [1.165, 1.54) is 6.33 Å². The molecule has 5 heteroatoms. The first-order chi connectivity index (χ1) is 7.79. The molecule has 2 aromatic heterocycles. The smallest absolute Gasteiger partial charge is 0.216 e. The maximum atomic E-state index is 6.29. The van der Waals surface area contributed by atoms with Crippen molar-refractivity contribution in [2.45, 2.75) is 11.8 Å². The fraction of sp³-hybridized carbons (Fsp3) is 0.273. The van der Waals surface area contributed by atoms with E-state index in [0.29, 0.717) is 12.3 Å². The minimum Gasteiger partial charge on any atom is -0.481 e. The van der Waals surface area contributed by atoms with Crippen molar-refractivity contribution in [1.82, 2.24) is 9.97 Å². The molecule has 0 saturated heterocycles. The van der Waals surface area contributed by atoms with Crippen LogP contribution in [-0.4, -0.2) is 17.1 Å². The number of halogens is 1. The van der Waals surface area contributed by atoms with Gasteiger partial charge >= 0.3 is 0 Å². The third-order valence-electron chi connectivity index (χ3n) is 2.15. The number of hydrogen-bond acceptors (Lipinski definition) is 4. The van der Waals surface area contributed by atoms with Gasteiger partial charge in [0.05, 0.1) is 12.5 Å². The van der Waals surface area contributed by atoms with Crippen molar-refractivity contribution in [3.63, 3.8) is 0 Å². The van der Waals surface area contributed by atoms with Crippen LogP contribution in [-0.2, 0) is 6.42 Å². The van der Waals surface area contributed by atoms with Crippen molar-refractivity contribution < 1.29 is 4.74 Å².